The topological polar surface area (TPSA) is 55.1 Å². The van der Waals surface area contributed by atoms with E-state index in [1.54, 1.807) is 11.3 Å². The first kappa shape index (κ1) is 12.2. The summed E-state index contributed by atoms with van der Waals surface area (Å²) >= 11 is 1.71. The van der Waals surface area contributed by atoms with Crippen LogP contribution in [-0.4, -0.2) is 12.5 Å². The molecule has 1 heterocycles. The van der Waals surface area contributed by atoms with Crippen LogP contribution in [-0.2, 0) is 4.79 Å². The van der Waals surface area contributed by atoms with Crippen LogP contribution in [0.4, 0.5) is 0 Å². The summed E-state index contributed by atoms with van der Waals surface area (Å²) in [6.07, 6.45) is 0. The highest BCUT2D eigenvalue weighted by Crippen LogP contribution is 2.20. The Labute approximate surface area is 94.7 Å². The van der Waals surface area contributed by atoms with Crippen molar-refractivity contribution in [1.29, 1.82) is 0 Å². The molecule has 1 rings (SSSR count). The number of primary amides is 1. The molecule has 3 nitrogen and oxygen atoms in total. The zero-order valence-corrected chi connectivity index (χ0v) is 10.2. The van der Waals surface area contributed by atoms with Crippen LogP contribution in [0.5, 0.6) is 0 Å². The van der Waals surface area contributed by atoms with Gasteiger partial charge in [-0.05, 0) is 32.2 Å². The van der Waals surface area contributed by atoms with Gasteiger partial charge in [0.15, 0.2) is 0 Å². The summed E-state index contributed by atoms with van der Waals surface area (Å²) in [6.45, 7) is 6.39. The highest BCUT2D eigenvalue weighted by Gasteiger charge is 2.25. The van der Waals surface area contributed by atoms with E-state index >= 15 is 0 Å². The van der Waals surface area contributed by atoms with E-state index in [1.807, 2.05) is 25.3 Å². The largest absolute Gasteiger partial charge is 0.369 e. The summed E-state index contributed by atoms with van der Waals surface area (Å²) < 4.78 is 0. The minimum Gasteiger partial charge on any atom is -0.369 e. The van der Waals surface area contributed by atoms with Gasteiger partial charge in [0, 0.05) is 17.5 Å². The molecule has 0 spiro atoms. The predicted octanol–water partition coefficient (Wildman–Crippen LogP) is 1.91. The first-order valence-electron chi connectivity index (χ1n) is 5.00. The number of nitrogens with two attached hydrogens (primary N) is 1. The summed E-state index contributed by atoms with van der Waals surface area (Å²) in [5, 5.41) is 5.36. The van der Waals surface area contributed by atoms with E-state index in [9.17, 15) is 4.79 Å². The monoisotopic (exact) mass is 226 g/mol. The maximum absolute atomic E-state index is 11.1. The van der Waals surface area contributed by atoms with Gasteiger partial charge >= 0.3 is 0 Å². The number of carbonyl (C=O) groups excluding carboxylic acids is 1. The van der Waals surface area contributed by atoms with E-state index < -0.39 is 5.41 Å². The summed E-state index contributed by atoms with van der Waals surface area (Å²) in [6, 6.07) is 4.38. The third-order valence-corrected chi connectivity index (χ3v) is 3.54. The zero-order chi connectivity index (χ0) is 11.5. The van der Waals surface area contributed by atoms with Crippen LogP contribution in [0.1, 0.15) is 31.7 Å². The third kappa shape index (κ3) is 3.32. The smallest absolute Gasteiger partial charge is 0.224 e. The zero-order valence-electron chi connectivity index (χ0n) is 9.41. The van der Waals surface area contributed by atoms with Crippen LogP contribution in [0.3, 0.4) is 0 Å². The van der Waals surface area contributed by atoms with Crippen molar-refractivity contribution < 1.29 is 4.79 Å². The molecule has 4 heteroatoms. The van der Waals surface area contributed by atoms with Crippen LogP contribution in [0.25, 0.3) is 0 Å². The lowest BCUT2D eigenvalue weighted by Crippen LogP contribution is -2.41. The van der Waals surface area contributed by atoms with Crippen molar-refractivity contribution >= 4 is 17.2 Å². The molecule has 1 aromatic heterocycles. The Morgan fingerprint density at radius 3 is 2.80 bits per heavy atom. The molecule has 0 radical (unpaired) electrons. The summed E-state index contributed by atoms with van der Waals surface area (Å²) in [5.41, 5.74) is 4.80. The Bertz CT molecular complexity index is 319. The van der Waals surface area contributed by atoms with Gasteiger partial charge in [-0.25, -0.2) is 0 Å². The number of carbonyl (C=O) groups is 1. The Morgan fingerprint density at radius 1 is 1.67 bits per heavy atom. The minimum absolute atomic E-state index is 0.267. The molecule has 1 atom stereocenters. The number of nitrogens with one attached hydrogen (secondary N) is 1. The quantitative estimate of drug-likeness (QED) is 0.806. The van der Waals surface area contributed by atoms with Crippen molar-refractivity contribution in [3.8, 4) is 0 Å². The van der Waals surface area contributed by atoms with Crippen LogP contribution < -0.4 is 11.1 Å². The molecule has 0 aliphatic heterocycles. The molecular formula is C11H18N2OS. The fourth-order valence-corrected chi connectivity index (χ4v) is 1.89. The summed E-state index contributed by atoms with van der Waals surface area (Å²) in [4.78, 5) is 12.4. The lowest BCUT2D eigenvalue weighted by Gasteiger charge is -2.23. The molecule has 0 saturated heterocycles. The molecule has 0 saturated carbocycles. The molecule has 15 heavy (non-hydrogen) atoms. The van der Waals surface area contributed by atoms with E-state index in [1.165, 1.54) is 4.88 Å². The van der Waals surface area contributed by atoms with Gasteiger partial charge < -0.3 is 11.1 Å². The first-order chi connectivity index (χ1) is 6.93. The molecule has 0 fully saturated rings. The van der Waals surface area contributed by atoms with Crippen molar-refractivity contribution in [2.45, 2.75) is 26.8 Å². The second-order valence-corrected chi connectivity index (χ2v) is 5.35. The second kappa shape index (κ2) is 4.77. The van der Waals surface area contributed by atoms with Gasteiger partial charge in [0.1, 0.15) is 0 Å². The lowest BCUT2D eigenvalue weighted by molar-refractivity contribution is -0.125. The van der Waals surface area contributed by atoms with Gasteiger partial charge in [0.25, 0.3) is 0 Å². The van der Waals surface area contributed by atoms with E-state index in [2.05, 4.69) is 18.3 Å². The molecule has 0 bridgehead atoms. The van der Waals surface area contributed by atoms with Gasteiger partial charge in [-0.15, -0.1) is 11.3 Å². The molecular weight excluding hydrogens is 208 g/mol. The van der Waals surface area contributed by atoms with Crippen LogP contribution >= 0.6 is 11.3 Å². The van der Waals surface area contributed by atoms with Crippen molar-refractivity contribution in [2.24, 2.45) is 11.1 Å². The molecule has 3 N–H and O–H groups in total. The van der Waals surface area contributed by atoms with Crippen molar-refractivity contribution in [2.75, 3.05) is 6.54 Å². The van der Waals surface area contributed by atoms with Crippen LogP contribution in [0, 0.1) is 5.41 Å². The van der Waals surface area contributed by atoms with E-state index in [0.717, 1.165) is 0 Å². The van der Waals surface area contributed by atoms with Crippen LogP contribution in [0.2, 0.25) is 0 Å². The molecule has 1 aromatic rings. The second-order valence-electron chi connectivity index (χ2n) is 4.37. The molecule has 1 amide bonds. The van der Waals surface area contributed by atoms with Gasteiger partial charge in [-0.3, -0.25) is 4.79 Å². The average molecular weight is 226 g/mol. The number of thiophene rings is 1. The predicted molar refractivity (Wildman–Crippen MR) is 63.7 cm³/mol. The normalized spacial score (nSPS) is 13.8. The number of amides is 1. The number of rotatable bonds is 5. The standard InChI is InChI=1S/C11H18N2OS/c1-8(9-5-4-6-15-9)13-7-11(2,3)10(12)14/h4-6,8,13H,7H2,1-3H3,(H2,12,14). The van der Waals surface area contributed by atoms with E-state index in [-0.39, 0.29) is 11.9 Å². The Morgan fingerprint density at radius 2 is 2.33 bits per heavy atom. The highest BCUT2D eigenvalue weighted by atomic mass is 32.1. The van der Waals surface area contributed by atoms with Crippen molar-refractivity contribution in [1.82, 2.24) is 5.32 Å². The summed E-state index contributed by atoms with van der Waals surface area (Å²) in [7, 11) is 0. The maximum Gasteiger partial charge on any atom is 0.224 e. The fourth-order valence-electron chi connectivity index (χ4n) is 1.13. The maximum atomic E-state index is 11.1. The lowest BCUT2D eigenvalue weighted by atomic mass is 9.92. The van der Waals surface area contributed by atoms with Gasteiger partial charge in [-0.2, -0.15) is 0 Å². The van der Waals surface area contributed by atoms with E-state index in [4.69, 9.17) is 5.73 Å². The Hall–Kier alpha value is -0.870. The third-order valence-electron chi connectivity index (χ3n) is 2.49. The number of hydrogen-bond donors (Lipinski definition) is 2. The minimum atomic E-state index is -0.495. The van der Waals surface area contributed by atoms with Gasteiger partial charge in [0.2, 0.25) is 5.91 Å². The fraction of sp³-hybridized carbons (Fsp3) is 0.545. The first-order valence-corrected chi connectivity index (χ1v) is 5.88. The summed E-state index contributed by atoms with van der Waals surface area (Å²) in [5.74, 6) is -0.270. The molecule has 0 aliphatic carbocycles. The molecule has 0 aromatic carbocycles. The van der Waals surface area contributed by atoms with Crippen molar-refractivity contribution in [3.63, 3.8) is 0 Å². The van der Waals surface area contributed by atoms with E-state index in [0.29, 0.717) is 6.54 Å². The average Bonchev–Trinajstić information content (AvgIpc) is 2.66. The molecule has 0 aliphatic rings. The molecule has 1 unspecified atom stereocenters. The molecule has 84 valence electrons. The Balaban J connectivity index is 2.47. The van der Waals surface area contributed by atoms with Crippen LogP contribution in [0.15, 0.2) is 17.5 Å². The van der Waals surface area contributed by atoms with Crippen molar-refractivity contribution in [3.05, 3.63) is 22.4 Å². The van der Waals surface area contributed by atoms with Gasteiger partial charge in [0.05, 0.1) is 5.41 Å². The van der Waals surface area contributed by atoms with Gasteiger partial charge in [-0.1, -0.05) is 6.07 Å². The SMILES string of the molecule is CC(NCC(C)(C)C(N)=O)c1cccs1. The number of hydrogen-bond acceptors (Lipinski definition) is 3. The highest BCUT2D eigenvalue weighted by molar-refractivity contribution is 7.10. The Kier molecular flexibility index (Phi) is 3.88.